The minimum atomic E-state index is -4.21. The summed E-state index contributed by atoms with van der Waals surface area (Å²) in [4.78, 5) is 0. The van der Waals surface area contributed by atoms with Gasteiger partial charge in [0.15, 0.2) is 0 Å². The van der Waals surface area contributed by atoms with E-state index >= 15 is 0 Å². The Bertz CT molecular complexity index is 153. The van der Waals surface area contributed by atoms with E-state index in [-0.39, 0.29) is 6.61 Å². The minimum Gasteiger partial charge on any atom is -0.372 e. The maximum Gasteiger partial charge on any atom is 0.411 e. The molecule has 16 heavy (non-hydrogen) atoms. The van der Waals surface area contributed by atoms with Gasteiger partial charge in [-0.05, 0) is 25.9 Å². The van der Waals surface area contributed by atoms with Crippen LogP contribution in [0.15, 0.2) is 0 Å². The Labute approximate surface area is 94.7 Å². The fourth-order valence-electron chi connectivity index (χ4n) is 1.09. The average molecular weight is 242 g/mol. The Morgan fingerprint density at radius 1 is 1.00 bits per heavy atom. The van der Waals surface area contributed by atoms with E-state index in [4.69, 9.17) is 0 Å². The number of ether oxygens (including phenoxy) is 1. The van der Waals surface area contributed by atoms with Crippen molar-refractivity contribution in [1.82, 2.24) is 10.6 Å². The molecular formula is C10H21F3N2O. The van der Waals surface area contributed by atoms with Crippen LogP contribution in [0.4, 0.5) is 13.2 Å². The second-order valence-corrected chi connectivity index (χ2v) is 3.52. The molecule has 0 bridgehead atoms. The van der Waals surface area contributed by atoms with E-state index in [9.17, 15) is 13.2 Å². The highest BCUT2D eigenvalue weighted by atomic mass is 19.4. The lowest BCUT2D eigenvalue weighted by Gasteiger charge is -2.08. The molecular weight excluding hydrogens is 221 g/mol. The molecule has 0 fully saturated rings. The topological polar surface area (TPSA) is 33.3 Å². The number of hydrogen-bond donors (Lipinski definition) is 2. The Kier molecular flexibility index (Phi) is 9.66. The summed E-state index contributed by atoms with van der Waals surface area (Å²) in [5.74, 6) is 0. The zero-order valence-electron chi connectivity index (χ0n) is 9.70. The smallest absolute Gasteiger partial charge is 0.372 e. The van der Waals surface area contributed by atoms with Crippen LogP contribution >= 0.6 is 0 Å². The summed E-state index contributed by atoms with van der Waals surface area (Å²) in [6, 6.07) is 0. The molecule has 0 heterocycles. The number of hydrogen-bond acceptors (Lipinski definition) is 3. The second-order valence-electron chi connectivity index (χ2n) is 3.52. The summed E-state index contributed by atoms with van der Waals surface area (Å²) in [5, 5.41) is 6.33. The van der Waals surface area contributed by atoms with E-state index in [0.717, 1.165) is 26.1 Å². The van der Waals surface area contributed by atoms with Gasteiger partial charge in [-0.15, -0.1) is 0 Å². The van der Waals surface area contributed by atoms with Gasteiger partial charge in [0.25, 0.3) is 0 Å². The average Bonchev–Trinajstić information content (AvgIpc) is 2.19. The van der Waals surface area contributed by atoms with Gasteiger partial charge < -0.3 is 15.4 Å². The number of alkyl halides is 3. The summed E-state index contributed by atoms with van der Waals surface area (Å²) in [6.07, 6.45) is -2.51. The SMILES string of the molecule is CCCNCCNCCCOCC(F)(F)F. The van der Waals surface area contributed by atoms with Gasteiger partial charge in [0.1, 0.15) is 6.61 Å². The molecule has 98 valence electrons. The third-order valence-corrected chi connectivity index (χ3v) is 1.81. The van der Waals surface area contributed by atoms with Crippen molar-refractivity contribution in [3.63, 3.8) is 0 Å². The number of rotatable bonds is 10. The molecule has 0 aliphatic carbocycles. The molecule has 0 unspecified atom stereocenters. The first-order valence-electron chi connectivity index (χ1n) is 5.62. The predicted octanol–water partition coefficient (Wildman–Crippen LogP) is 1.54. The molecule has 0 radical (unpaired) electrons. The molecule has 0 saturated carbocycles. The van der Waals surface area contributed by atoms with Crippen LogP contribution in [-0.4, -0.2) is 45.6 Å². The van der Waals surface area contributed by atoms with E-state index in [1.54, 1.807) is 0 Å². The number of nitrogens with one attached hydrogen (secondary N) is 2. The molecule has 6 heteroatoms. The van der Waals surface area contributed by atoms with E-state index < -0.39 is 12.8 Å². The van der Waals surface area contributed by atoms with Crippen LogP contribution in [0.1, 0.15) is 19.8 Å². The van der Waals surface area contributed by atoms with Gasteiger partial charge in [-0.3, -0.25) is 0 Å². The van der Waals surface area contributed by atoms with E-state index in [1.165, 1.54) is 0 Å². The second kappa shape index (κ2) is 9.86. The van der Waals surface area contributed by atoms with E-state index in [0.29, 0.717) is 13.0 Å². The summed E-state index contributed by atoms with van der Waals surface area (Å²) in [7, 11) is 0. The predicted molar refractivity (Wildman–Crippen MR) is 57.5 cm³/mol. The Hall–Kier alpha value is -0.330. The third kappa shape index (κ3) is 13.7. The Morgan fingerprint density at radius 2 is 1.62 bits per heavy atom. The van der Waals surface area contributed by atoms with Crippen molar-refractivity contribution in [1.29, 1.82) is 0 Å². The lowest BCUT2D eigenvalue weighted by Crippen LogP contribution is -2.29. The molecule has 0 aliphatic heterocycles. The van der Waals surface area contributed by atoms with Gasteiger partial charge in [0, 0.05) is 19.7 Å². The van der Waals surface area contributed by atoms with Crippen molar-refractivity contribution in [2.45, 2.75) is 25.9 Å². The highest BCUT2D eigenvalue weighted by molar-refractivity contribution is 4.52. The summed E-state index contributed by atoms with van der Waals surface area (Å²) < 4.78 is 39.4. The first-order chi connectivity index (χ1) is 7.56. The normalized spacial score (nSPS) is 12.0. The van der Waals surface area contributed by atoms with Crippen LogP contribution in [0.3, 0.4) is 0 Å². The van der Waals surface area contributed by atoms with Gasteiger partial charge in [-0.25, -0.2) is 0 Å². The van der Waals surface area contributed by atoms with Crippen LogP contribution in [0.2, 0.25) is 0 Å². The first kappa shape index (κ1) is 15.7. The van der Waals surface area contributed by atoms with Gasteiger partial charge >= 0.3 is 6.18 Å². The molecule has 3 nitrogen and oxygen atoms in total. The fraction of sp³-hybridized carbons (Fsp3) is 1.00. The van der Waals surface area contributed by atoms with Crippen LogP contribution in [0, 0.1) is 0 Å². The molecule has 0 aromatic heterocycles. The van der Waals surface area contributed by atoms with Crippen molar-refractivity contribution in [3.8, 4) is 0 Å². The highest BCUT2D eigenvalue weighted by Crippen LogP contribution is 2.14. The third-order valence-electron chi connectivity index (χ3n) is 1.81. The molecule has 0 atom stereocenters. The maximum absolute atomic E-state index is 11.7. The minimum absolute atomic E-state index is 0.148. The lowest BCUT2D eigenvalue weighted by molar-refractivity contribution is -0.173. The van der Waals surface area contributed by atoms with Gasteiger partial charge in [0.2, 0.25) is 0 Å². The van der Waals surface area contributed by atoms with Crippen LogP contribution < -0.4 is 10.6 Å². The van der Waals surface area contributed by atoms with E-state index in [1.807, 2.05) is 0 Å². The van der Waals surface area contributed by atoms with Gasteiger partial charge in [0.05, 0.1) is 0 Å². The van der Waals surface area contributed by atoms with Gasteiger partial charge in [-0.1, -0.05) is 6.92 Å². The van der Waals surface area contributed by atoms with Crippen molar-refractivity contribution < 1.29 is 17.9 Å². The lowest BCUT2D eigenvalue weighted by atomic mass is 10.4. The molecule has 0 saturated heterocycles. The van der Waals surface area contributed by atoms with Crippen LogP contribution in [0.25, 0.3) is 0 Å². The van der Waals surface area contributed by atoms with Crippen molar-refractivity contribution >= 4 is 0 Å². The standard InChI is InChI=1S/C10H21F3N2O/c1-2-4-14-6-7-15-5-3-8-16-9-10(11,12)13/h14-15H,2-9H2,1H3. The summed E-state index contributed by atoms with van der Waals surface area (Å²) >= 11 is 0. The molecule has 0 aliphatic rings. The summed E-state index contributed by atoms with van der Waals surface area (Å²) in [5.41, 5.74) is 0. The molecule has 0 aromatic rings. The molecule has 0 aromatic carbocycles. The molecule has 0 spiro atoms. The molecule has 0 rings (SSSR count). The zero-order valence-corrected chi connectivity index (χ0v) is 9.70. The Morgan fingerprint density at radius 3 is 2.19 bits per heavy atom. The van der Waals surface area contributed by atoms with Crippen LogP contribution in [0.5, 0.6) is 0 Å². The summed E-state index contributed by atoms with van der Waals surface area (Å²) in [6.45, 7) is 4.50. The van der Waals surface area contributed by atoms with Crippen molar-refractivity contribution in [2.24, 2.45) is 0 Å². The maximum atomic E-state index is 11.7. The number of halogens is 3. The van der Waals surface area contributed by atoms with Crippen LogP contribution in [-0.2, 0) is 4.74 Å². The van der Waals surface area contributed by atoms with Gasteiger partial charge in [-0.2, -0.15) is 13.2 Å². The van der Waals surface area contributed by atoms with E-state index in [2.05, 4.69) is 22.3 Å². The highest BCUT2D eigenvalue weighted by Gasteiger charge is 2.26. The zero-order chi connectivity index (χ0) is 12.3. The fourth-order valence-corrected chi connectivity index (χ4v) is 1.09. The largest absolute Gasteiger partial charge is 0.411 e. The van der Waals surface area contributed by atoms with Crippen molar-refractivity contribution in [3.05, 3.63) is 0 Å². The molecule has 0 amide bonds. The first-order valence-corrected chi connectivity index (χ1v) is 5.62. The van der Waals surface area contributed by atoms with Crippen molar-refractivity contribution in [2.75, 3.05) is 39.4 Å². The monoisotopic (exact) mass is 242 g/mol. The Balaban J connectivity index is 2.99. The quantitative estimate of drug-likeness (QED) is 0.570. The molecule has 2 N–H and O–H groups in total.